The number of carboxylic acid groups (broad SMARTS) is 1. The number of rotatable bonds is 15. The number of H-pyrrole nitrogens is 3. The lowest BCUT2D eigenvalue weighted by atomic mass is 9.95. The molecule has 2 bridgehead atoms. The van der Waals surface area contributed by atoms with Crippen LogP contribution in [-0.2, 0) is 89.9 Å². The Morgan fingerprint density at radius 1 is 0.653 bits per heavy atom. The number of amides is 10. The van der Waals surface area contributed by atoms with Crippen LogP contribution < -0.4 is 54.0 Å². The number of hydrogen-bond acceptors (Lipinski definition) is 17. The van der Waals surface area contributed by atoms with Crippen LogP contribution in [0.1, 0.15) is 85.4 Å². The standard InChI is InChI=1S/C69H82FN15O14S2/c1-69-18-5-20-85(69)67(98)56(23-38-9-12-45(86)13-10-38)83-65(96)54(27-44-32-73-37-77-44)81-66(97)55(29-60(90)91)82-64(95)53(25-41-30-74-49-15-11-43(70)26-47(41)49)80-63(94)52(24-42-31-75-50-16-14-46(87)28-48(42)50)79-59(89)33-76-62(93)51(8-2-3-19-71)78-58(88)17-21-100-34-39-6-4-7-40(22-39)35-101-36-57(61(72)92)84-68(69)99/h4,6-7,9-16,22,26,28,30-32,37,51-57,74-75,86-87H,2-3,5,8,17-21,23-25,27,29,33-36,71H2,1H3,(H2,72,92)(H,73,77)(H,76,93)(H,78,88)(H,79,89)(H,80,94)(H,81,97)(H,82,95)(H,83,96)(H,84,99)(H,90,91)/t51-,52-,53-,54-,55-,56-,57-,69-/m0/s1. The largest absolute Gasteiger partial charge is 0.508 e. The molecule has 0 aliphatic carbocycles. The van der Waals surface area contributed by atoms with Crippen LogP contribution in [0.4, 0.5) is 4.39 Å². The van der Waals surface area contributed by atoms with Gasteiger partial charge < -0.3 is 89.2 Å². The minimum Gasteiger partial charge on any atom is -0.508 e. The molecule has 0 saturated carbocycles. The van der Waals surface area contributed by atoms with Gasteiger partial charge in [-0.05, 0) is 122 Å². The molecule has 2 aliphatic heterocycles. The van der Waals surface area contributed by atoms with Crippen molar-refractivity contribution in [1.82, 2.24) is 67.4 Å². The number of carbonyl (C=O) groups is 11. The highest BCUT2D eigenvalue weighted by Gasteiger charge is 2.49. The Bertz CT molecular complexity index is 4160. The summed E-state index contributed by atoms with van der Waals surface area (Å²) in [6.07, 6.45) is 4.65. The van der Waals surface area contributed by atoms with Crippen LogP contribution >= 0.6 is 23.5 Å². The van der Waals surface area contributed by atoms with Crippen LogP contribution in [0, 0.1) is 5.82 Å². The molecule has 536 valence electrons. The smallest absolute Gasteiger partial charge is 0.305 e. The van der Waals surface area contributed by atoms with Gasteiger partial charge in [0, 0.05) is 108 Å². The van der Waals surface area contributed by atoms with Crippen molar-refractivity contribution in [2.75, 3.05) is 31.1 Å². The fourth-order valence-electron chi connectivity index (χ4n) is 12.2. The molecule has 1 saturated heterocycles. The zero-order valence-corrected chi connectivity index (χ0v) is 56.9. The molecule has 9 rings (SSSR count). The number of phenolic OH excluding ortho intramolecular Hbond substituents is 2. The Morgan fingerprint density at radius 2 is 1.26 bits per heavy atom. The third-order valence-corrected chi connectivity index (χ3v) is 19.7. The number of aromatic amines is 3. The Hall–Kier alpha value is -10.5. The van der Waals surface area contributed by atoms with E-state index in [1.165, 1.54) is 115 Å². The fraction of sp³-hybridized carbons (Fsp3) is 0.391. The molecule has 3 aromatic heterocycles. The van der Waals surface area contributed by atoms with Gasteiger partial charge in [-0.25, -0.2) is 9.37 Å². The Morgan fingerprint density at radius 3 is 1.91 bits per heavy atom. The number of nitrogens with two attached hydrogens (primary N) is 2. The number of carboxylic acids is 1. The number of aliphatic carboxylic acids is 1. The van der Waals surface area contributed by atoms with Gasteiger partial charge in [-0.1, -0.05) is 36.4 Å². The summed E-state index contributed by atoms with van der Waals surface area (Å²) < 4.78 is 15.0. The zero-order valence-electron chi connectivity index (χ0n) is 55.2. The van der Waals surface area contributed by atoms with Crippen molar-refractivity contribution in [3.05, 3.63) is 149 Å². The minimum atomic E-state index is -2.04. The van der Waals surface area contributed by atoms with E-state index < -0.39 is 138 Å². The maximum atomic E-state index is 15.2. The van der Waals surface area contributed by atoms with Crippen LogP contribution in [0.25, 0.3) is 21.8 Å². The van der Waals surface area contributed by atoms with Gasteiger partial charge >= 0.3 is 5.97 Å². The van der Waals surface area contributed by atoms with E-state index in [0.29, 0.717) is 70.6 Å². The first-order valence-electron chi connectivity index (χ1n) is 32.9. The molecule has 18 N–H and O–H groups in total. The molecule has 0 radical (unpaired) electrons. The molecule has 32 heteroatoms. The lowest BCUT2D eigenvalue weighted by Crippen LogP contribution is -2.63. The number of phenols is 2. The number of aromatic nitrogens is 4. The van der Waals surface area contributed by atoms with Crippen LogP contribution in [-0.4, -0.2) is 184 Å². The maximum Gasteiger partial charge on any atom is 0.305 e. The van der Waals surface area contributed by atoms with Gasteiger partial charge in [0.25, 0.3) is 0 Å². The Labute approximate surface area is 587 Å². The molecular weight excluding hydrogens is 1350 g/mol. The summed E-state index contributed by atoms with van der Waals surface area (Å²) in [6.45, 7) is 1.12. The van der Waals surface area contributed by atoms with Gasteiger partial charge in [0.1, 0.15) is 65.1 Å². The first-order chi connectivity index (χ1) is 48.4. The van der Waals surface area contributed by atoms with Crippen molar-refractivity contribution in [2.45, 2.75) is 137 Å². The van der Waals surface area contributed by atoms with Crippen LogP contribution in [0.3, 0.4) is 0 Å². The predicted molar refractivity (Wildman–Crippen MR) is 373 cm³/mol. The van der Waals surface area contributed by atoms with E-state index in [1.54, 1.807) is 6.07 Å². The second kappa shape index (κ2) is 35.0. The van der Waals surface area contributed by atoms with Gasteiger partial charge in [-0.15, -0.1) is 0 Å². The topological polar surface area (TPSA) is 460 Å². The van der Waals surface area contributed by atoms with Crippen molar-refractivity contribution in [1.29, 1.82) is 0 Å². The number of imidazole rings is 1. The molecule has 7 aromatic rings. The fourth-order valence-corrected chi connectivity index (χ4v) is 14.1. The van der Waals surface area contributed by atoms with Crippen LogP contribution in [0.5, 0.6) is 11.5 Å². The Kier molecular flexibility index (Phi) is 25.9. The molecule has 2 aliphatic rings. The predicted octanol–water partition coefficient (Wildman–Crippen LogP) is 1.74. The quantitative estimate of drug-likeness (QED) is 0.0650. The molecule has 10 amide bonds. The van der Waals surface area contributed by atoms with Gasteiger partial charge in [0.05, 0.1) is 19.3 Å². The maximum absolute atomic E-state index is 15.2. The summed E-state index contributed by atoms with van der Waals surface area (Å²) in [5.74, 6) is -10.0. The number of fused-ring (bicyclic) bond motifs is 5. The van der Waals surface area contributed by atoms with Crippen molar-refractivity contribution in [3.8, 4) is 11.5 Å². The van der Waals surface area contributed by atoms with Crippen molar-refractivity contribution < 1.29 is 72.4 Å². The first-order valence-corrected chi connectivity index (χ1v) is 35.2. The summed E-state index contributed by atoms with van der Waals surface area (Å²) in [7, 11) is 0. The Balaban J connectivity index is 1.06. The van der Waals surface area contributed by atoms with E-state index in [4.69, 9.17) is 11.5 Å². The summed E-state index contributed by atoms with van der Waals surface area (Å²) >= 11 is 2.80. The van der Waals surface area contributed by atoms with Gasteiger partial charge in [0.2, 0.25) is 59.1 Å². The minimum absolute atomic E-state index is 0.0166. The molecule has 0 unspecified atom stereocenters. The highest BCUT2D eigenvalue weighted by molar-refractivity contribution is 7.98. The lowest BCUT2D eigenvalue weighted by molar-refractivity contribution is -0.147. The molecule has 0 spiro atoms. The number of unbranched alkanes of at least 4 members (excludes halogenated alkanes) is 1. The molecule has 1 fully saturated rings. The van der Waals surface area contributed by atoms with Crippen molar-refractivity contribution in [2.24, 2.45) is 11.5 Å². The summed E-state index contributed by atoms with van der Waals surface area (Å²) in [5, 5.41) is 52.9. The molecule has 5 heterocycles. The monoisotopic (exact) mass is 1430 g/mol. The van der Waals surface area contributed by atoms with Crippen LogP contribution in [0.2, 0.25) is 0 Å². The summed E-state index contributed by atoms with van der Waals surface area (Å²) in [6, 6.07) is 10.7. The average molecular weight is 1430 g/mol. The molecule has 101 heavy (non-hydrogen) atoms. The second-order valence-electron chi connectivity index (χ2n) is 25.1. The van der Waals surface area contributed by atoms with Gasteiger partial charge in [-0.3, -0.25) is 52.7 Å². The SMILES string of the molecule is C[C@@]12CCCN1C(=O)[C@H](Cc1ccc(O)cc1)NC(=O)[C@H](Cc1cnc[nH]1)NC(=O)[C@H](CC(=O)O)NC(=O)[C@H](Cc1c[nH]c3ccc(F)cc13)NC(=O)[C@H](Cc1c[nH]c3ccc(O)cc13)NC(=O)CNC(=O)[C@H](CCCCN)NC(=O)CCSCc1cccc(c1)CSC[C@@H](C(N)=O)NC2=O. The molecule has 29 nitrogen and oxygen atoms in total. The number of aromatic hydroxyl groups is 2. The van der Waals surface area contributed by atoms with E-state index in [2.05, 4.69) is 62.5 Å². The molecule has 4 aromatic carbocycles. The third kappa shape index (κ3) is 20.6. The number of thioether (sulfide) groups is 2. The van der Waals surface area contributed by atoms with Crippen LogP contribution in [0.15, 0.2) is 110 Å². The van der Waals surface area contributed by atoms with E-state index >= 15 is 19.2 Å². The number of halogens is 1. The number of nitrogens with one attached hydrogen (secondary N) is 11. The lowest BCUT2D eigenvalue weighted by Gasteiger charge is -2.37. The normalized spacial score (nSPS) is 22.7. The van der Waals surface area contributed by atoms with Gasteiger partial charge in [-0.2, -0.15) is 23.5 Å². The average Bonchev–Trinajstić information content (AvgIpc) is 1.70. The number of nitrogens with zero attached hydrogens (tertiary/aromatic N) is 2. The number of carbonyl (C=O) groups excluding carboxylic acids is 10. The highest BCUT2D eigenvalue weighted by Crippen LogP contribution is 2.32. The van der Waals surface area contributed by atoms with E-state index in [0.717, 1.165) is 11.1 Å². The third-order valence-electron chi connectivity index (χ3n) is 17.6. The van der Waals surface area contributed by atoms with Crippen molar-refractivity contribution >= 4 is 110 Å². The summed E-state index contributed by atoms with van der Waals surface area (Å²) in [5.41, 5.74) is 14.2. The first kappa shape index (κ1) is 74.7. The summed E-state index contributed by atoms with van der Waals surface area (Å²) in [4.78, 5) is 171. The number of hydrogen-bond donors (Lipinski definition) is 16. The second-order valence-corrected chi connectivity index (χ2v) is 27.3. The van der Waals surface area contributed by atoms with E-state index in [-0.39, 0.29) is 79.0 Å². The zero-order chi connectivity index (χ0) is 72.3. The van der Waals surface area contributed by atoms with E-state index in [1.807, 2.05) is 24.3 Å². The van der Waals surface area contributed by atoms with Gasteiger partial charge in [0.15, 0.2) is 0 Å². The molecular formula is C69H82FN15O14S2. The number of primary amides is 1. The highest BCUT2D eigenvalue weighted by atomic mass is 32.2. The van der Waals surface area contributed by atoms with Crippen molar-refractivity contribution in [3.63, 3.8) is 0 Å². The molecule has 8 atom stereocenters. The van der Waals surface area contributed by atoms with E-state index in [9.17, 15) is 53.3 Å². The number of benzene rings is 4.